The van der Waals surface area contributed by atoms with Crippen LogP contribution in [0.5, 0.6) is 5.75 Å². The van der Waals surface area contributed by atoms with E-state index in [0.717, 1.165) is 12.1 Å². The van der Waals surface area contributed by atoms with Crippen LogP contribution in [-0.2, 0) is 10.1 Å². The van der Waals surface area contributed by atoms with Crippen molar-refractivity contribution in [2.75, 3.05) is 0 Å². The van der Waals surface area contributed by atoms with Crippen LogP contribution in [0.1, 0.15) is 11.7 Å². The summed E-state index contributed by atoms with van der Waals surface area (Å²) < 4.78 is 98.6. The van der Waals surface area contributed by atoms with Gasteiger partial charge < -0.3 is 4.18 Å². The lowest BCUT2D eigenvalue weighted by atomic mass is 10.1. The number of alkyl halides is 6. The number of benzene rings is 1. The minimum Gasteiger partial charge on any atom is -0.376 e. The van der Waals surface area contributed by atoms with Crippen molar-refractivity contribution in [1.29, 1.82) is 0 Å². The van der Waals surface area contributed by atoms with Gasteiger partial charge in [-0.3, -0.25) is 0 Å². The van der Waals surface area contributed by atoms with Crippen molar-refractivity contribution < 1.29 is 38.9 Å². The Morgan fingerprint density at radius 1 is 1.05 bits per heavy atom. The topological polar surface area (TPSA) is 43.4 Å². The Kier molecular flexibility index (Phi) is 4.33. The van der Waals surface area contributed by atoms with Gasteiger partial charge in [0.2, 0.25) is 0 Å². The number of hydrogen-bond donors (Lipinski definition) is 0. The van der Waals surface area contributed by atoms with Gasteiger partial charge in [-0.25, -0.2) is 13.2 Å². The van der Waals surface area contributed by atoms with Crippen molar-refractivity contribution in [2.45, 2.75) is 18.1 Å². The lowest BCUT2D eigenvalue weighted by Crippen LogP contribution is -2.28. The lowest BCUT2D eigenvalue weighted by molar-refractivity contribution is -0.0501. The van der Waals surface area contributed by atoms with E-state index in [4.69, 9.17) is 0 Å². The van der Waals surface area contributed by atoms with E-state index >= 15 is 0 Å². The molecule has 0 aliphatic carbocycles. The summed E-state index contributed by atoms with van der Waals surface area (Å²) in [6, 6.07) is 3.42. The van der Waals surface area contributed by atoms with Gasteiger partial charge in [-0.15, -0.1) is 0 Å². The van der Waals surface area contributed by atoms with Gasteiger partial charge in [0.25, 0.3) is 6.43 Å². The molecular formula is C9H6F6O3S. The Hall–Kier alpha value is -1.45. The summed E-state index contributed by atoms with van der Waals surface area (Å²) in [4.78, 5) is 0. The summed E-state index contributed by atoms with van der Waals surface area (Å²) in [7, 11) is -6.04. The largest absolute Gasteiger partial charge is 0.534 e. The van der Waals surface area contributed by atoms with E-state index in [-0.39, 0.29) is 0 Å². The molecule has 0 bridgehead atoms. The zero-order valence-corrected chi connectivity index (χ0v) is 9.68. The Morgan fingerprint density at radius 2 is 1.58 bits per heavy atom. The standard InChI is InChI=1S/C9H6F6O3S/c10-7(8(11)12)5-3-1-2-4-6(5)18-19(16,17)9(13,14)15/h1-4,7-8H. The molecule has 0 spiro atoms. The molecule has 1 atom stereocenters. The van der Waals surface area contributed by atoms with Gasteiger partial charge in [-0.05, 0) is 6.07 Å². The van der Waals surface area contributed by atoms with E-state index in [2.05, 4.69) is 4.18 Å². The third-order valence-corrected chi connectivity index (χ3v) is 2.89. The number of hydrogen-bond acceptors (Lipinski definition) is 3. The summed E-state index contributed by atoms with van der Waals surface area (Å²) in [5.74, 6) is -1.13. The zero-order valence-electron chi connectivity index (χ0n) is 8.86. The summed E-state index contributed by atoms with van der Waals surface area (Å²) in [5.41, 5.74) is -6.72. The van der Waals surface area contributed by atoms with Crippen LogP contribution in [0, 0.1) is 0 Å². The second kappa shape index (κ2) is 5.27. The number of halogens is 6. The molecule has 0 saturated heterocycles. The third-order valence-electron chi connectivity index (χ3n) is 1.92. The van der Waals surface area contributed by atoms with Crippen molar-refractivity contribution in [3.8, 4) is 5.75 Å². The SMILES string of the molecule is O=S(=O)(Oc1ccccc1C(F)C(F)F)C(F)(F)F. The predicted molar refractivity (Wildman–Crippen MR) is 51.9 cm³/mol. The average Bonchev–Trinajstić information content (AvgIpc) is 2.26. The molecule has 0 fully saturated rings. The number of rotatable bonds is 4. The smallest absolute Gasteiger partial charge is 0.376 e. The van der Waals surface area contributed by atoms with Crippen molar-refractivity contribution in [3.63, 3.8) is 0 Å². The fourth-order valence-electron chi connectivity index (χ4n) is 1.09. The molecule has 19 heavy (non-hydrogen) atoms. The van der Waals surface area contributed by atoms with Gasteiger partial charge in [0.15, 0.2) is 6.17 Å². The molecule has 1 aromatic carbocycles. The van der Waals surface area contributed by atoms with Gasteiger partial charge in [-0.1, -0.05) is 18.2 Å². The van der Waals surface area contributed by atoms with Crippen LogP contribution in [-0.4, -0.2) is 20.4 Å². The summed E-state index contributed by atoms with van der Waals surface area (Å²) in [5, 5.41) is 0. The van der Waals surface area contributed by atoms with Crippen LogP contribution in [0.2, 0.25) is 0 Å². The summed E-state index contributed by atoms with van der Waals surface area (Å²) in [6.07, 6.45) is -6.49. The summed E-state index contributed by atoms with van der Waals surface area (Å²) in [6.45, 7) is 0. The molecule has 0 radical (unpaired) electrons. The fraction of sp³-hybridized carbons (Fsp3) is 0.333. The van der Waals surface area contributed by atoms with Crippen LogP contribution >= 0.6 is 0 Å². The first-order valence-electron chi connectivity index (χ1n) is 4.58. The second-order valence-corrected chi connectivity index (χ2v) is 4.80. The minimum absolute atomic E-state index is 0.646. The van der Waals surface area contributed by atoms with Crippen molar-refractivity contribution in [1.82, 2.24) is 0 Å². The maximum absolute atomic E-state index is 13.1. The molecule has 0 amide bonds. The van der Waals surface area contributed by atoms with E-state index in [1.165, 1.54) is 0 Å². The molecule has 0 aromatic heterocycles. The molecule has 3 nitrogen and oxygen atoms in total. The molecule has 10 heteroatoms. The van der Waals surface area contributed by atoms with E-state index in [1.807, 2.05) is 0 Å². The summed E-state index contributed by atoms with van der Waals surface area (Å²) >= 11 is 0. The van der Waals surface area contributed by atoms with E-state index in [9.17, 15) is 34.8 Å². The highest BCUT2D eigenvalue weighted by Gasteiger charge is 2.49. The molecular weight excluding hydrogens is 302 g/mol. The number of para-hydroxylation sites is 1. The maximum atomic E-state index is 13.1. The monoisotopic (exact) mass is 308 g/mol. The van der Waals surface area contributed by atoms with Crippen LogP contribution in [0.4, 0.5) is 26.3 Å². The van der Waals surface area contributed by atoms with E-state index in [1.54, 1.807) is 0 Å². The second-order valence-electron chi connectivity index (χ2n) is 3.26. The van der Waals surface area contributed by atoms with Crippen molar-refractivity contribution >= 4 is 10.1 Å². The van der Waals surface area contributed by atoms with Crippen molar-refractivity contribution in [3.05, 3.63) is 29.8 Å². The predicted octanol–water partition coefficient (Wildman–Crippen LogP) is 3.19. The molecule has 1 unspecified atom stereocenters. The third kappa shape index (κ3) is 3.52. The Morgan fingerprint density at radius 3 is 2.05 bits per heavy atom. The molecule has 0 N–H and O–H groups in total. The Labute approximate surface area is 103 Å². The molecule has 0 saturated carbocycles. The van der Waals surface area contributed by atoms with E-state index in [0.29, 0.717) is 12.1 Å². The Bertz CT molecular complexity index is 539. The first kappa shape index (κ1) is 15.6. The quantitative estimate of drug-likeness (QED) is 0.487. The van der Waals surface area contributed by atoms with Gasteiger partial charge in [0, 0.05) is 5.56 Å². The lowest BCUT2D eigenvalue weighted by Gasteiger charge is -2.14. The molecule has 1 rings (SSSR count). The maximum Gasteiger partial charge on any atom is 0.534 e. The van der Waals surface area contributed by atoms with Crippen LogP contribution < -0.4 is 4.18 Å². The van der Waals surface area contributed by atoms with Gasteiger partial charge in [0.1, 0.15) is 5.75 Å². The molecule has 0 aliphatic rings. The molecule has 108 valence electrons. The Balaban J connectivity index is 3.17. The van der Waals surface area contributed by atoms with Crippen molar-refractivity contribution in [2.24, 2.45) is 0 Å². The molecule has 0 heterocycles. The van der Waals surface area contributed by atoms with Gasteiger partial charge >= 0.3 is 15.6 Å². The highest BCUT2D eigenvalue weighted by Crippen LogP contribution is 2.35. The van der Waals surface area contributed by atoms with Gasteiger partial charge in [0.05, 0.1) is 0 Å². The fourth-order valence-corrected chi connectivity index (χ4v) is 1.57. The van der Waals surface area contributed by atoms with Crippen LogP contribution in [0.15, 0.2) is 24.3 Å². The first-order chi connectivity index (χ1) is 8.56. The molecule has 1 aromatic rings. The average molecular weight is 308 g/mol. The van der Waals surface area contributed by atoms with Crippen LogP contribution in [0.25, 0.3) is 0 Å². The highest BCUT2D eigenvalue weighted by atomic mass is 32.2. The van der Waals surface area contributed by atoms with E-state index < -0.39 is 39.5 Å². The zero-order chi connectivity index (χ0) is 14.8. The minimum atomic E-state index is -6.04. The van der Waals surface area contributed by atoms with Gasteiger partial charge in [-0.2, -0.15) is 21.6 Å². The molecule has 0 aliphatic heterocycles. The highest BCUT2D eigenvalue weighted by molar-refractivity contribution is 7.88. The first-order valence-corrected chi connectivity index (χ1v) is 5.99. The van der Waals surface area contributed by atoms with Crippen LogP contribution in [0.3, 0.4) is 0 Å². The normalized spacial score (nSPS) is 14.5.